The van der Waals surface area contributed by atoms with E-state index in [1.807, 2.05) is 31.3 Å². The van der Waals surface area contributed by atoms with E-state index in [1.165, 1.54) is 0 Å². The Morgan fingerprint density at radius 1 is 1.25 bits per heavy atom. The van der Waals surface area contributed by atoms with Crippen molar-refractivity contribution >= 4 is 27.8 Å². The summed E-state index contributed by atoms with van der Waals surface area (Å²) in [5.74, 6) is 0.746. The molecule has 0 radical (unpaired) electrons. The molecule has 0 aliphatic heterocycles. The molecule has 1 aromatic carbocycles. The van der Waals surface area contributed by atoms with Crippen LogP contribution in [-0.2, 0) is 7.05 Å². The first kappa shape index (κ1) is 18.1. The van der Waals surface area contributed by atoms with Crippen LogP contribution in [0, 0.1) is 0 Å². The normalized spacial score (nSPS) is 11.2. The van der Waals surface area contributed by atoms with Crippen molar-refractivity contribution in [3.63, 3.8) is 0 Å². The number of aromatic nitrogens is 3. The Bertz CT molecular complexity index is 1160. The van der Waals surface area contributed by atoms with Gasteiger partial charge in [0.1, 0.15) is 11.4 Å². The maximum atomic E-state index is 12.6. The van der Waals surface area contributed by atoms with E-state index in [9.17, 15) is 4.79 Å². The molecule has 144 valence electrons. The van der Waals surface area contributed by atoms with Crippen LogP contribution in [-0.4, -0.2) is 34.1 Å². The summed E-state index contributed by atoms with van der Waals surface area (Å²) in [5, 5.41) is 4.90. The summed E-state index contributed by atoms with van der Waals surface area (Å²) in [4.78, 5) is 20.4. The molecule has 28 heavy (non-hydrogen) atoms. The van der Waals surface area contributed by atoms with Crippen LogP contribution in [0.1, 0.15) is 30.1 Å². The van der Waals surface area contributed by atoms with Gasteiger partial charge in [0.05, 0.1) is 12.7 Å². The van der Waals surface area contributed by atoms with Crippen molar-refractivity contribution < 1.29 is 9.53 Å². The summed E-state index contributed by atoms with van der Waals surface area (Å²) in [5.41, 5.74) is 4.43. The second-order valence-corrected chi connectivity index (χ2v) is 6.95. The molecule has 0 saturated carbocycles. The Balaban J connectivity index is 1.80. The van der Waals surface area contributed by atoms with Crippen LogP contribution in [0.25, 0.3) is 33.2 Å². The number of carbonyl (C=O) groups excluding carboxylic acids is 1. The van der Waals surface area contributed by atoms with Gasteiger partial charge in [-0.25, -0.2) is 4.98 Å². The number of carbonyl (C=O) groups is 1. The number of ether oxygens (including phenoxy) is 1. The van der Waals surface area contributed by atoms with Crippen LogP contribution < -0.4 is 10.1 Å². The number of rotatable bonds is 6. The molecule has 0 aliphatic carbocycles. The fourth-order valence-electron chi connectivity index (χ4n) is 3.56. The fourth-order valence-corrected chi connectivity index (χ4v) is 3.56. The van der Waals surface area contributed by atoms with Crippen molar-refractivity contribution in [1.29, 1.82) is 0 Å². The van der Waals surface area contributed by atoms with Gasteiger partial charge in [-0.3, -0.25) is 4.79 Å². The van der Waals surface area contributed by atoms with Crippen LogP contribution in [0.3, 0.4) is 0 Å². The number of hydrogen-bond donors (Lipinski definition) is 2. The fraction of sp³-hybridized carbons (Fsp3) is 0.273. The third-order valence-electron chi connectivity index (χ3n) is 5.08. The second kappa shape index (κ2) is 7.38. The highest BCUT2D eigenvalue weighted by Crippen LogP contribution is 2.34. The van der Waals surface area contributed by atoms with Crippen LogP contribution in [0.5, 0.6) is 5.75 Å². The van der Waals surface area contributed by atoms with Gasteiger partial charge in [-0.2, -0.15) is 0 Å². The molecule has 0 bridgehead atoms. The number of benzene rings is 1. The van der Waals surface area contributed by atoms with Gasteiger partial charge in [0.25, 0.3) is 5.91 Å². The number of amides is 1. The first-order valence-electron chi connectivity index (χ1n) is 9.51. The SMILES string of the molecule is CCCCNC(=O)c1ccnc2[nH]c(-c3cn(C)c4ccc(OC)cc34)cc12. The van der Waals surface area contributed by atoms with E-state index in [0.717, 1.165) is 46.1 Å². The Hall–Kier alpha value is -3.28. The lowest BCUT2D eigenvalue weighted by molar-refractivity contribution is 0.0954. The van der Waals surface area contributed by atoms with E-state index in [0.29, 0.717) is 17.8 Å². The number of aryl methyl sites for hydroxylation is 1. The number of pyridine rings is 1. The molecule has 1 amide bonds. The van der Waals surface area contributed by atoms with Crippen LogP contribution in [0.4, 0.5) is 0 Å². The number of H-pyrrole nitrogens is 1. The molecule has 0 aliphatic rings. The summed E-state index contributed by atoms with van der Waals surface area (Å²) in [6.45, 7) is 2.79. The van der Waals surface area contributed by atoms with Gasteiger partial charge in [-0.15, -0.1) is 0 Å². The minimum Gasteiger partial charge on any atom is -0.497 e. The Labute approximate surface area is 163 Å². The summed E-state index contributed by atoms with van der Waals surface area (Å²) in [6.07, 6.45) is 5.76. The lowest BCUT2D eigenvalue weighted by Gasteiger charge is -2.04. The van der Waals surface area contributed by atoms with Crippen LogP contribution >= 0.6 is 0 Å². The van der Waals surface area contributed by atoms with Crippen LogP contribution in [0.15, 0.2) is 42.7 Å². The number of methoxy groups -OCH3 is 1. The maximum Gasteiger partial charge on any atom is 0.252 e. The lowest BCUT2D eigenvalue weighted by atomic mass is 10.1. The highest BCUT2D eigenvalue weighted by molar-refractivity contribution is 6.07. The molecule has 0 atom stereocenters. The molecule has 2 N–H and O–H groups in total. The molecule has 0 saturated heterocycles. The minimum atomic E-state index is -0.0639. The monoisotopic (exact) mass is 376 g/mol. The third-order valence-corrected chi connectivity index (χ3v) is 5.08. The molecule has 0 unspecified atom stereocenters. The van der Waals surface area contributed by atoms with Gasteiger partial charge in [0.2, 0.25) is 0 Å². The standard InChI is InChI=1S/C22H24N4O2/c1-4-5-9-24-22(27)15-8-10-23-21-17(15)12-19(25-21)18-13-26(2)20-7-6-14(28-3)11-16(18)20/h6-8,10-13H,4-5,9H2,1-3H3,(H,23,25)(H,24,27). The zero-order valence-corrected chi connectivity index (χ0v) is 16.4. The Morgan fingerprint density at radius 3 is 2.89 bits per heavy atom. The number of nitrogens with one attached hydrogen (secondary N) is 2. The van der Waals surface area contributed by atoms with Gasteiger partial charge in [-0.1, -0.05) is 13.3 Å². The molecule has 4 aromatic rings. The molecular formula is C22H24N4O2. The number of unbranched alkanes of at least 4 members (excludes halogenated alkanes) is 1. The summed E-state index contributed by atoms with van der Waals surface area (Å²) in [7, 11) is 3.69. The summed E-state index contributed by atoms with van der Waals surface area (Å²) >= 11 is 0. The predicted octanol–water partition coefficient (Wildman–Crippen LogP) is 4.26. The second-order valence-electron chi connectivity index (χ2n) is 6.95. The smallest absolute Gasteiger partial charge is 0.252 e. The number of nitrogens with zero attached hydrogens (tertiary/aromatic N) is 2. The maximum absolute atomic E-state index is 12.6. The molecule has 0 spiro atoms. The van der Waals surface area contributed by atoms with Crippen molar-refractivity contribution in [2.45, 2.75) is 19.8 Å². The molecule has 6 heteroatoms. The van der Waals surface area contributed by atoms with Crippen molar-refractivity contribution in [1.82, 2.24) is 19.9 Å². The van der Waals surface area contributed by atoms with Crippen molar-refractivity contribution in [3.8, 4) is 17.0 Å². The highest BCUT2D eigenvalue weighted by atomic mass is 16.5. The van der Waals surface area contributed by atoms with Gasteiger partial charge >= 0.3 is 0 Å². The Morgan fingerprint density at radius 2 is 2.11 bits per heavy atom. The van der Waals surface area contributed by atoms with E-state index in [1.54, 1.807) is 19.4 Å². The van der Waals surface area contributed by atoms with E-state index in [-0.39, 0.29) is 5.91 Å². The third kappa shape index (κ3) is 3.11. The summed E-state index contributed by atoms with van der Waals surface area (Å²) < 4.78 is 7.48. The molecular weight excluding hydrogens is 352 g/mol. The largest absolute Gasteiger partial charge is 0.497 e. The number of hydrogen-bond acceptors (Lipinski definition) is 3. The quantitative estimate of drug-likeness (QED) is 0.494. The molecule has 3 aromatic heterocycles. The van der Waals surface area contributed by atoms with Crippen LogP contribution in [0.2, 0.25) is 0 Å². The van der Waals surface area contributed by atoms with Gasteiger partial charge in [0, 0.05) is 53.5 Å². The molecule has 6 nitrogen and oxygen atoms in total. The highest BCUT2D eigenvalue weighted by Gasteiger charge is 2.16. The molecule has 4 rings (SSSR count). The Kier molecular flexibility index (Phi) is 4.77. The number of fused-ring (bicyclic) bond motifs is 2. The van der Waals surface area contributed by atoms with Crippen molar-refractivity contribution in [3.05, 3.63) is 48.3 Å². The molecule has 0 fully saturated rings. The van der Waals surface area contributed by atoms with Gasteiger partial charge < -0.3 is 19.6 Å². The van der Waals surface area contributed by atoms with Crippen molar-refractivity contribution in [2.24, 2.45) is 7.05 Å². The van der Waals surface area contributed by atoms with E-state index >= 15 is 0 Å². The summed E-state index contributed by atoms with van der Waals surface area (Å²) in [6, 6.07) is 9.81. The first-order valence-corrected chi connectivity index (χ1v) is 9.51. The van der Waals surface area contributed by atoms with E-state index < -0.39 is 0 Å². The predicted molar refractivity (Wildman–Crippen MR) is 112 cm³/mol. The first-order chi connectivity index (χ1) is 13.6. The zero-order chi connectivity index (χ0) is 19.7. The minimum absolute atomic E-state index is 0.0639. The van der Waals surface area contributed by atoms with Gasteiger partial charge in [-0.05, 0) is 36.8 Å². The average molecular weight is 376 g/mol. The average Bonchev–Trinajstić information content (AvgIpc) is 3.28. The van der Waals surface area contributed by atoms with Crippen molar-refractivity contribution in [2.75, 3.05) is 13.7 Å². The zero-order valence-electron chi connectivity index (χ0n) is 16.4. The molecule has 3 heterocycles. The van der Waals surface area contributed by atoms with Gasteiger partial charge in [0.15, 0.2) is 0 Å². The lowest BCUT2D eigenvalue weighted by Crippen LogP contribution is -2.24. The topological polar surface area (TPSA) is 71.9 Å². The van der Waals surface area contributed by atoms with E-state index in [4.69, 9.17) is 4.74 Å². The van der Waals surface area contributed by atoms with E-state index in [2.05, 4.69) is 33.0 Å². The number of aromatic amines is 1.